The molecule has 0 unspecified atom stereocenters. The molecule has 0 saturated carbocycles. The first kappa shape index (κ1) is 11.7. The van der Waals surface area contributed by atoms with E-state index in [9.17, 15) is 8.42 Å². The number of aromatic amines is 1. The van der Waals surface area contributed by atoms with Crippen LogP contribution in [0.3, 0.4) is 0 Å². The van der Waals surface area contributed by atoms with Crippen molar-refractivity contribution in [2.45, 2.75) is 11.8 Å². The first-order valence-electron chi connectivity index (χ1n) is 4.15. The second-order valence-electron chi connectivity index (χ2n) is 3.15. The zero-order valence-electron chi connectivity index (χ0n) is 8.48. The van der Waals surface area contributed by atoms with Crippen molar-refractivity contribution in [1.29, 1.82) is 5.41 Å². The average Bonchev–Trinajstić information content (AvgIpc) is 2.50. The number of aryl methyl sites for hydroxylation is 1. The van der Waals surface area contributed by atoms with E-state index in [4.69, 9.17) is 11.1 Å². The summed E-state index contributed by atoms with van der Waals surface area (Å²) in [5.41, 5.74) is 5.60. The van der Waals surface area contributed by atoms with Crippen LogP contribution in [0.15, 0.2) is 11.1 Å². The first-order chi connectivity index (χ1) is 6.85. The molecule has 0 saturated heterocycles. The molecule has 0 amide bonds. The molecule has 0 aromatic carbocycles. The summed E-state index contributed by atoms with van der Waals surface area (Å²) in [5.74, 6) is -0.206. The summed E-state index contributed by atoms with van der Waals surface area (Å²) in [7, 11) is -2.24. The number of rotatable bonds is 4. The molecule has 0 radical (unpaired) electrons. The number of hydrogen-bond acceptors (Lipinski definition) is 4. The SMILES string of the molecule is Cc1[nH]ncc1S(=O)(=O)N(C)CC(=N)N. The molecule has 1 rings (SSSR count). The van der Waals surface area contributed by atoms with Gasteiger partial charge in [0.2, 0.25) is 10.0 Å². The Morgan fingerprint density at radius 1 is 1.73 bits per heavy atom. The van der Waals surface area contributed by atoms with Crippen LogP contribution in [0.25, 0.3) is 0 Å². The molecule has 4 N–H and O–H groups in total. The molecule has 1 heterocycles. The van der Waals surface area contributed by atoms with Gasteiger partial charge in [-0.05, 0) is 6.92 Å². The smallest absolute Gasteiger partial charge is 0.246 e. The van der Waals surface area contributed by atoms with Crippen molar-refractivity contribution in [1.82, 2.24) is 14.5 Å². The average molecular weight is 231 g/mol. The maximum absolute atomic E-state index is 11.9. The van der Waals surface area contributed by atoms with Crippen LogP contribution in [-0.4, -0.2) is 42.3 Å². The van der Waals surface area contributed by atoms with Gasteiger partial charge >= 0.3 is 0 Å². The molecule has 0 aliphatic heterocycles. The van der Waals surface area contributed by atoms with E-state index in [1.807, 2.05) is 0 Å². The fourth-order valence-corrected chi connectivity index (χ4v) is 2.36. The van der Waals surface area contributed by atoms with Crippen LogP contribution < -0.4 is 5.73 Å². The summed E-state index contributed by atoms with van der Waals surface area (Å²) in [6.45, 7) is 1.48. The van der Waals surface area contributed by atoms with Crippen LogP contribution in [0, 0.1) is 12.3 Å². The number of nitrogens with two attached hydrogens (primary N) is 1. The highest BCUT2D eigenvalue weighted by Crippen LogP contribution is 2.15. The van der Waals surface area contributed by atoms with Crippen molar-refractivity contribution in [2.75, 3.05) is 13.6 Å². The largest absolute Gasteiger partial charge is 0.387 e. The number of aromatic nitrogens is 2. The van der Waals surface area contributed by atoms with E-state index in [1.165, 1.54) is 13.2 Å². The summed E-state index contributed by atoms with van der Waals surface area (Å²) < 4.78 is 24.7. The van der Waals surface area contributed by atoms with Gasteiger partial charge in [0.25, 0.3) is 0 Å². The Kier molecular flexibility index (Phi) is 3.10. The zero-order valence-corrected chi connectivity index (χ0v) is 9.30. The fourth-order valence-electron chi connectivity index (χ4n) is 1.09. The normalized spacial score (nSPS) is 11.9. The molecule has 84 valence electrons. The number of nitrogens with zero attached hydrogens (tertiary/aromatic N) is 2. The lowest BCUT2D eigenvalue weighted by Crippen LogP contribution is -2.35. The van der Waals surface area contributed by atoms with Gasteiger partial charge in [-0.2, -0.15) is 9.40 Å². The predicted molar refractivity (Wildman–Crippen MR) is 55.1 cm³/mol. The molecule has 0 aliphatic rings. The van der Waals surface area contributed by atoms with Crippen LogP contribution in [0.4, 0.5) is 0 Å². The van der Waals surface area contributed by atoms with E-state index < -0.39 is 10.0 Å². The van der Waals surface area contributed by atoms with Gasteiger partial charge in [-0.25, -0.2) is 8.42 Å². The van der Waals surface area contributed by atoms with Crippen LogP contribution in [0.5, 0.6) is 0 Å². The lowest BCUT2D eigenvalue weighted by Gasteiger charge is -2.15. The van der Waals surface area contributed by atoms with E-state index in [0.717, 1.165) is 4.31 Å². The molecular formula is C7H13N5O2S. The van der Waals surface area contributed by atoms with Gasteiger partial charge in [0.1, 0.15) is 10.7 Å². The number of hydrogen-bond donors (Lipinski definition) is 3. The van der Waals surface area contributed by atoms with Gasteiger partial charge < -0.3 is 5.73 Å². The maximum Gasteiger partial charge on any atom is 0.246 e. The topological polar surface area (TPSA) is 116 Å². The lowest BCUT2D eigenvalue weighted by atomic mass is 10.5. The van der Waals surface area contributed by atoms with E-state index in [0.29, 0.717) is 5.69 Å². The van der Waals surface area contributed by atoms with Gasteiger partial charge in [0.05, 0.1) is 18.4 Å². The van der Waals surface area contributed by atoms with Crippen LogP contribution >= 0.6 is 0 Å². The van der Waals surface area contributed by atoms with Crippen LogP contribution in [0.2, 0.25) is 0 Å². The van der Waals surface area contributed by atoms with Crippen LogP contribution in [0.1, 0.15) is 5.69 Å². The molecule has 0 bridgehead atoms. The van der Waals surface area contributed by atoms with Crippen molar-refractivity contribution in [3.05, 3.63) is 11.9 Å². The highest BCUT2D eigenvalue weighted by atomic mass is 32.2. The third kappa shape index (κ3) is 2.34. The van der Waals surface area contributed by atoms with Crippen molar-refractivity contribution >= 4 is 15.9 Å². The molecule has 1 aromatic rings. The van der Waals surface area contributed by atoms with Crippen molar-refractivity contribution in [3.63, 3.8) is 0 Å². The molecule has 8 heteroatoms. The second kappa shape index (κ2) is 3.99. The molecular weight excluding hydrogens is 218 g/mol. The number of likely N-dealkylation sites (N-methyl/N-ethyl adjacent to an activating group) is 1. The van der Waals surface area contributed by atoms with Gasteiger partial charge in [-0.3, -0.25) is 10.5 Å². The Morgan fingerprint density at radius 3 is 2.73 bits per heavy atom. The van der Waals surface area contributed by atoms with Gasteiger partial charge in [-0.1, -0.05) is 0 Å². The molecule has 1 aromatic heterocycles. The summed E-state index contributed by atoms with van der Waals surface area (Å²) in [5, 5.41) is 13.2. The third-order valence-electron chi connectivity index (χ3n) is 1.86. The van der Waals surface area contributed by atoms with Gasteiger partial charge in [-0.15, -0.1) is 0 Å². The molecule has 0 fully saturated rings. The standard InChI is InChI=1S/C7H13N5O2S/c1-5-6(3-10-11-5)15(13,14)12(2)4-7(8)9/h3H,4H2,1-2H3,(H3,8,9)(H,10,11). The molecule has 0 aliphatic carbocycles. The highest BCUT2D eigenvalue weighted by Gasteiger charge is 2.24. The minimum absolute atomic E-state index is 0.103. The predicted octanol–water partition coefficient (Wildman–Crippen LogP) is -0.725. The highest BCUT2D eigenvalue weighted by molar-refractivity contribution is 7.89. The van der Waals surface area contributed by atoms with E-state index in [-0.39, 0.29) is 17.3 Å². The first-order valence-corrected chi connectivity index (χ1v) is 5.59. The minimum Gasteiger partial charge on any atom is -0.387 e. The Hall–Kier alpha value is -1.41. The molecule has 0 atom stereocenters. The summed E-state index contributed by atoms with van der Waals surface area (Å²) in [6.07, 6.45) is 1.24. The van der Waals surface area contributed by atoms with Crippen LogP contribution in [-0.2, 0) is 10.0 Å². The molecule has 15 heavy (non-hydrogen) atoms. The third-order valence-corrected chi connectivity index (χ3v) is 3.78. The lowest BCUT2D eigenvalue weighted by molar-refractivity contribution is 0.504. The Bertz CT molecular complexity index is 463. The van der Waals surface area contributed by atoms with Gasteiger partial charge in [0, 0.05) is 7.05 Å². The summed E-state index contributed by atoms with van der Waals surface area (Å²) >= 11 is 0. The second-order valence-corrected chi connectivity index (χ2v) is 5.16. The Balaban J connectivity index is 3.04. The van der Waals surface area contributed by atoms with E-state index in [1.54, 1.807) is 6.92 Å². The Morgan fingerprint density at radius 2 is 2.33 bits per heavy atom. The van der Waals surface area contributed by atoms with E-state index >= 15 is 0 Å². The van der Waals surface area contributed by atoms with Crippen molar-refractivity contribution in [3.8, 4) is 0 Å². The number of nitrogens with one attached hydrogen (secondary N) is 2. The number of sulfonamides is 1. The van der Waals surface area contributed by atoms with Crippen molar-refractivity contribution < 1.29 is 8.42 Å². The molecule has 7 nitrogen and oxygen atoms in total. The van der Waals surface area contributed by atoms with Gasteiger partial charge in [0.15, 0.2) is 0 Å². The fraction of sp³-hybridized carbons (Fsp3) is 0.429. The summed E-state index contributed by atoms with van der Waals surface area (Å²) in [4.78, 5) is 0.103. The number of H-pyrrole nitrogens is 1. The maximum atomic E-state index is 11.9. The van der Waals surface area contributed by atoms with E-state index in [2.05, 4.69) is 10.2 Å². The van der Waals surface area contributed by atoms with Crippen molar-refractivity contribution in [2.24, 2.45) is 5.73 Å². The molecule has 0 spiro atoms. The summed E-state index contributed by atoms with van der Waals surface area (Å²) in [6, 6.07) is 0. The number of amidine groups is 1. The monoisotopic (exact) mass is 231 g/mol. The Labute approximate surface area is 87.8 Å². The quantitative estimate of drug-likeness (QED) is 0.468. The zero-order chi connectivity index (χ0) is 11.6. The minimum atomic E-state index is -3.60.